The lowest BCUT2D eigenvalue weighted by molar-refractivity contribution is 0.280. The van der Waals surface area contributed by atoms with Crippen LogP contribution in [0.2, 0.25) is 0 Å². The first-order chi connectivity index (χ1) is 7.22. The highest BCUT2D eigenvalue weighted by Gasteiger charge is 2.09. The molecule has 3 nitrogen and oxygen atoms in total. The molecule has 0 aliphatic carbocycles. The third kappa shape index (κ3) is 3.19. The zero-order valence-corrected chi connectivity index (χ0v) is 10.4. The zero-order chi connectivity index (χ0) is 11.3. The second-order valence-electron chi connectivity index (χ2n) is 3.23. The van der Waals surface area contributed by atoms with Gasteiger partial charge >= 0.3 is 0 Å². The van der Waals surface area contributed by atoms with Crippen LogP contribution in [0.25, 0.3) is 0 Å². The molecule has 0 aromatic heterocycles. The van der Waals surface area contributed by atoms with Gasteiger partial charge in [0.25, 0.3) is 0 Å². The molecule has 4 heteroatoms. The smallest absolute Gasteiger partial charge is 0.0702 e. The second-order valence-corrected chi connectivity index (χ2v) is 4.15. The minimum absolute atomic E-state index is 0.0184. The van der Waals surface area contributed by atoms with Crippen molar-refractivity contribution in [1.82, 2.24) is 0 Å². The number of halogens is 1. The molecule has 0 radical (unpaired) electrons. The lowest BCUT2D eigenvalue weighted by Crippen LogP contribution is -2.27. The Kier molecular flexibility index (Phi) is 5.08. The summed E-state index contributed by atoms with van der Waals surface area (Å²) in [5.74, 6) is 0. The molecule has 0 aliphatic heterocycles. The number of aliphatic hydroxyl groups is 2. The highest BCUT2D eigenvalue weighted by atomic mass is 79.9. The summed E-state index contributed by atoms with van der Waals surface area (Å²) in [4.78, 5) is 2.04. The van der Waals surface area contributed by atoms with Crippen LogP contribution in [0.15, 0.2) is 22.7 Å². The largest absolute Gasteiger partial charge is 0.395 e. The van der Waals surface area contributed by atoms with Crippen LogP contribution in [-0.2, 0) is 6.61 Å². The molecule has 0 unspecified atom stereocenters. The summed E-state index contributed by atoms with van der Waals surface area (Å²) >= 11 is 3.40. The summed E-state index contributed by atoms with van der Waals surface area (Å²) in [5, 5.41) is 18.2. The van der Waals surface area contributed by atoms with E-state index in [9.17, 15) is 5.11 Å². The van der Waals surface area contributed by atoms with Gasteiger partial charge in [-0.3, -0.25) is 0 Å². The fraction of sp³-hybridized carbons (Fsp3) is 0.455. The van der Waals surface area contributed by atoms with Gasteiger partial charge in [0.1, 0.15) is 0 Å². The maximum absolute atomic E-state index is 9.22. The number of benzene rings is 1. The minimum atomic E-state index is 0.0184. The fourth-order valence-electron chi connectivity index (χ4n) is 1.53. The molecule has 0 atom stereocenters. The van der Waals surface area contributed by atoms with Crippen molar-refractivity contribution in [2.45, 2.75) is 13.5 Å². The van der Waals surface area contributed by atoms with E-state index in [1.54, 1.807) is 0 Å². The number of anilines is 1. The van der Waals surface area contributed by atoms with E-state index in [-0.39, 0.29) is 13.2 Å². The number of likely N-dealkylation sites (N-methyl/N-ethyl adjacent to an activating group) is 1. The van der Waals surface area contributed by atoms with Gasteiger partial charge in [-0.25, -0.2) is 0 Å². The predicted octanol–water partition coefficient (Wildman–Crippen LogP) is 1.76. The first-order valence-corrected chi connectivity index (χ1v) is 5.77. The second kappa shape index (κ2) is 6.10. The van der Waals surface area contributed by atoms with E-state index in [2.05, 4.69) is 15.9 Å². The Morgan fingerprint density at radius 2 is 2.07 bits per heavy atom. The van der Waals surface area contributed by atoms with E-state index in [1.165, 1.54) is 0 Å². The van der Waals surface area contributed by atoms with Gasteiger partial charge in [0.2, 0.25) is 0 Å². The lowest BCUT2D eigenvalue weighted by atomic mass is 10.1. The zero-order valence-electron chi connectivity index (χ0n) is 8.78. The molecule has 0 fully saturated rings. The maximum atomic E-state index is 9.22. The van der Waals surface area contributed by atoms with E-state index in [0.29, 0.717) is 6.54 Å². The van der Waals surface area contributed by atoms with Crippen molar-refractivity contribution in [3.63, 3.8) is 0 Å². The minimum Gasteiger partial charge on any atom is -0.395 e. The molecule has 1 rings (SSSR count). The summed E-state index contributed by atoms with van der Waals surface area (Å²) in [6.07, 6.45) is 0. The Labute approximate surface area is 98.5 Å². The van der Waals surface area contributed by atoms with E-state index in [1.807, 2.05) is 30.0 Å². The summed E-state index contributed by atoms with van der Waals surface area (Å²) in [5.41, 5.74) is 1.86. The van der Waals surface area contributed by atoms with Crippen LogP contribution in [0.4, 0.5) is 5.69 Å². The fourth-order valence-corrected chi connectivity index (χ4v) is 1.88. The topological polar surface area (TPSA) is 43.7 Å². The van der Waals surface area contributed by atoms with Crippen molar-refractivity contribution in [3.05, 3.63) is 28.2 Å². The quantitative estimate of drug-likeness (QED) is 0.860. The van der Waals surface area contributed by atoms with Gasteiger partial charge in [-0.1, -0.05) is 22.0 Å². The van der Waals surface area contributed by atoms with Crippen molar-refractivity contribution in [3.8, 4) is 0 Å². The van der Waals surface area contributed by atoms with E-state index in [0.717, 1.165) is 22.3 Å². The van der Waals surface area contributed by atoms with Gasteiger partial charge in [0.15, 0.2) is 0 Å². The summed E-state index contributed by atoms with van der Waals surface area (Å²) in [6.45, 7) is 3.55. The number of hydrogen-bond acceptors (Lipinski definition) is 3. The number of rotatable bonds is 5. The average molecular weight is 274 g/mol. The Hall–Kier alpha value is -0.580. The maximum Gasteiger partial charge on any atom is 0.0702 e. The Morgan fingerprint density at radius 3 is 2.60 bits per heavy atom. The summed E-state index contributed by atoms with van der Waals surface area (Å²) in [7, 11) is 0. The van der Waals surface area contributed by atoms with Crippen LogP contribution in [0.1, 0.15) is 12.5 Å². The van der Waals surface area contributed by atoms with Crippen LogP contribution < -0.4 is 4.90 Å². The van der Waals surface area contributed by atoms with Crippen molar-refractivity contribution < 1.29 is 10.2 Å². The molecule has 0 saturated carbocycles. The van der Waals surface area contributed by atoms with Crippen LogP contribution in [0.5, 0.6) is 0 Å². The monoisotopic (exact) mass is 273 g/mol. The van der Waals surface area contributed by atoms with Crippen LogP contribution in [0.3, 0.4) is 0 Å². The van der Waals surface area contributed by atoms with Crippen LogP contribution in [0, 0.1) is 0 Å². The molecule has 1 aromatic carbocycles. The van der Waals surface area contributed by atoms with Crippen LogP contribution >= 0.6 is 15.9 Å². The highest BCUT2D eigenvalue weighted by Crippen LogP contribution is 2.25. The predicted molar refractivity (Wildman–Crippen MR) is 65.0 cm³/mol. The molecule has 0 amide bonds. The Balaban J connectivity index is 3.02. The van der Waals surface area contributed by atoms with Crippen molar-refractivity contribution >= 4 is 21.6 Å². The van der Waals surface area contributed by atoms with Crippen molar-refractivity contribution in [2.75, 3.05) is 24.6 Å². The molecular formula is C11H16BrNO2. The third-order valence-electron chi connectivity index (χ3n) is 2.31. The lowest BCUT2D eigenvalue weighted by Gasteiger charge is -2.24. The summed E-state index contributed by atoms with van der Waals surface area (Å²) < 4.78 is 0.978. The Morgan fingerprint density at radius 1 is 1.33 bits per heavy atom. The summed E-state index contributed by atoms with van der Waals surface area (Å²) in [6, 6.07) is 5.76. The van der Waals surface area contributed by atoms with Crippen molar-refractivity contribution in [2.24, 2.45) is 0 Å². The van der Waals surface area contributed by atoms with Crippen LogP contribution in [-0.4, -0.2) is 29.9 Å². The normalized spacial score (nSPS) is 10.4. The van der Waals surface area contributed by atoms with Gasteiger partial charge in [-0.05, 0) is 19.1 Å². The average Bonchev–Trinajstić information content (AvgIpc) is 2.26. The highest BCUT2D eigenvalue weighted by molar-refractivity contribution is 9.10. The van der Waals surface area contributed by atoms with Gasteiger partial charge in [0, 0.05) is 28.8 Å². The molecule has 1 aromatic rings. The molecule has 2 N–H and O–H groups in total. The molecule has 0 aliphatic rings. The van der Waals surface area contributed by atoms with Gasteiger partial charge in [-0.15, -0.1) is 0 Å². The third-order valence-corrected chi connectivity index (χ3v) is 2.80. The number of nitrogens with zero attached hydrogens (tertiary/aromatic N) is 1. The standard InChI is InChI=1S/C11H16BrNO2/c1-2-13(5-6-14)11-7-10(12)4-3-9(11)8-15/h3-4,7,14-15H,2,5-6,8H2,1H3. The SMILES string of the molecule is CCN(CCO)c1cc(Br)ccc1CO. The molecule has 0 heterocycles. The Bertz CT molecular complexity index is 317. The van der Waals surface area contributed by atoms with E-state index in [4.69, 9.17) is 5.11 Å². The van der Waals surface area contributed by atoms with Gasteiger partial charge in [-0.2, -0.15) is 0 Å². The molecule has 15 heavy (non-hydrogen) atoms. The molecule has 0 spiro atoms. The first-order valence-electron chi connectivity index (χ1n) is 4.98. The van der Waals surface area contributed by atoms with Crippen molar-refractivity contribution in [1.29, 1.82) is 0 Å². The molecular weight excluding hydrogens is 258 g/mol. The van der Waals surface area contributed by atoms with E-state index < -0.39 is 0 Å². The number of hydrogen-bond donors (Lipinski definition) is 2. The number of aliphatic hydroxyl groups excluding tert-OH is 2. The van der Waals surface area contributed by atoms with E-state index >= 15 is 0 Å². The molecule has 0 saturated heterocycles. The molecule has 84 valence electrons. The van der Waals surface area contributed by atoms with Gasteiger partial charge < -0.3 is 15.1 Å². The van der Waals surface area contributed by atoms with Gasteiger partial charge in [0.05, 0.1) is 13.2 Å². The first kappa shape index (κ1) is 12.5. The molecule has 0 bridgehead atoms.